The molecule has 2 fully saturated rings. The van der Waals surface area contributed by atoms with Gasteiger partial charge in [0.1, 0.15) is 5.82 Å². The second-order valence-electron chi connectivity index (χ2n) is 9.23. The van der Waals surface area contributed by atoms with Crippen LogP contribution in [0.3, 0.4) is 0 Å². The van der Waals surface area contributed by atoms with Crippen molar-refractivity contribution < 1.29 is 22.1 Å². The summed E-state index contributed by atoms with van der Waals surface area (Å²) in [5.74, 6) is 0.207. The lowest BCUT2D eigenvalue weighted by Crippen LogP contribution is -2.46. The van der Waals surface area contributed by atoms with Crippen molar-refractivity contribution in [2.45, 2.75) is 36.6 Å². The Hall–Kier alpha value is -3.27. The van der Waals surface area contributed by atoms with Gasteiger partial charge in [0.25, 0.3) is 11.8 Å². The lowest BCUT2D eigenvalue weighted by Gasteiger charge is -2.36. The highest BCUT2D eigenvalue weighted by Crippen LogP contribution is 2.30. The van der Waals surface area contributed by atoms with Crippen LogP contribution in [-0.2, 0) is 21.1 Å². The maximum Gasteiger partial charge on any atom is 0.266 e. The Morgan fingerprint density at radius 2 is 1.80 bits per heavy atom. The molecule has 3 heterocycles. The van der Waals surface area contributed by atoms with E-state index in [2.05, 4.69) is 15.0 Å². The topological polar surface area (TPSA) is 96.6 Å². The quantitative estimate of drug-likeness (QED) is 0.514. The number of halogens is 1. The predicted molar refractivity (Wildman–Crippen MR) is 128 cm³/mol. The molecule has 2 aliphatic heterocycles. The lowest BCUT2D eigenvalue weighted by molar-refractivity contribution is -0.133. The molecular formula is C25H27FN4O4S. The van der Waals surface area contributed by atoms with Crippen LogP contribution in [0, 0.1) is 11.7 Å². The van der Waals surface area contributed by atoms with Crippen molar-refractivity contribution in [2.75, 3.05) is 30.8 Å². The first kappa shape index (κ1) is 23.5. The number of carbonyl (C=O) groups is 1. The summed E-state index contributed by atoms with van der Waals surface area (Å²) in [5.41, 5.74) is 1.25. The van der Waals surface area contributed by atoms with Gasteiger partial charge in [0.2, 0.25) is 5.91 Å². The zero-order valence-electron chi connectivity index (χ0n) is 19.4. The number of benzene rings is 2. The molecule has 0 unspecified atom stereocenters. The molecule has 5 rings (SSSR count). The first-order chi connectivity index (χ1) is 16.8. The second kappa shape index (κ2) is 9.41. The monoisotopic (exact) mass is 498 g/mol. The molecule has 0 N–H and O–H groups in total. The number of hydrogen-bond acceptors (Lipinski definition) is 7. The third kappa shape index (κ3) is 4.93. The highest BCUT2D eigenvalue weighted by Gasteiger charge is 2.38. The van der Waals surface area contributed by atoms with Gasteiger partial charge in [0.05, 0.1) is 4.90 Å². The minimum atomic E-state index is -3.47. The summed E-state index contributed by atoms with van der Waals surface area (Å²) in [6.45, 7) is 2.08. The first-order valence-corrected chi connectivity index (χ1v) is 13.6. The van der Waals surface area contributed by atoms with Gasteiger partial charge in [-0.15, -0.1) is 0 Å². The summed E-state index contributed by atoms with van der Waals surface area (Å²) in [4.78, 5) is 21.6. The molecule has 1 aromatic heterocycles. The van der Waals surface area contributed by atoms with Crippen molar-refractivity contribution in [3.8, 4) is 11.5 Å². The first-order valence-electron chi connectivity index (χ1n) is 11.7. The second-order valence-corrected chi connectivity index (χ2v) is 11.2. The number of nitrogens with zero attached hydrogens (tertiary/aromatic N) is 4. The molecule has 10 heteroatoms. The third-order valence-electron chi connectivity index (χ3n) is 6.89. The molecule has 0 spiro atoms. The molecule has 2 aromatic carbocycles. The van der Waals surface area contributed by atoms with Gasteiger partial charge in [-0.1, -0.05) is 24.3 Å². The van der Waals surface area contributed by atoms with E-state index in [-0.39, 0.29) is 29.2 Å². The van der Waals surface area contributed by atoms with Gasteiger partial charge in [-0.2, -0.15) is 4.98 Å². The van der Waals surface area contributed by atoms with Gasteiger partial charge in [-0.05, 0) is 60.7 Å². The number of sulfone groups is 1. The van der Waals surface area contributed by atoms with E-state index in [9.17, 15) is 17.6 Å². The molecule has 8 nitrogen and oxygen atoms in total. The van der Waals surface area contributed by atoms with Gasteiger partial charge in [0, 0.05) is 43.4 Å². The minimum absolute atomic E-state index is 0.0426. The molecule has 2 aliphatic rings. The summed E-state index contributed by atoms with van der Waals surface area (Å²) >= 11 is 0. The number of likely N-dealkylation sites (tertiary alicyclic amines) is 1. The van der Waals surface area contributed by atoms with Gasteiger partial charge >= 0.3 is 0 Å². The van der Waals surface area contributed by atoms with E-state index in [1.165, 1.54) is 12.1 Å². The summed E-state index contributed by atoms with van der Waals surface area (Å²) in [6.07, 6.45) is 3.58. The summed E-state index contributed by atoms with van der Waals surface area (Å²) in [6, 6.07) is 13.7. The lowest BCUT2D eigenvalue weighted by atomic mass is 9.97. The van der Waals surface area contributed by atoms with Crippen molar-refractivity contribution >= 4 is 21.7 Å². The van der Waals surface area contributed by atoms with Crippen LogP contribution >= 0.6 is 0 Å². The predicted octanol–water partition coefficient (Wildman–Crippen LogP) is 3.34. The maximum absolute atomic E-state index is 14.5. The van der Waals surface area contributed by atoms with Crippen LogP contribution < -0.4 is 4.90 Å². The van der Waals surface area contributed by atoms with Crippen molar-refractivity contribution in [3.05, 3.63) is 59.9 Å². The van der Waals surface area contributed by atoms with E-state index in [1.54, 1.807) is 0 Å². The highest BCUT2D eigenvalue weighted by molar-refractivity contribution is 7.90. The smallest absolute Gasteiger partial charge is 0.266 e. The molecule has 0 saturated carbocycles. The van der Waals surface area contributed by atoms with Crippen LogP contribution in [0.4, 0.5) is 10.3 Å². The Morgan fingerprint density at radius 3 is 2.49 bits per heavy atom. The molecule has 0 aliphatic carbocycles. The van der Waals surface area contributed by atoms with Crippen LogP contribution in [0.2, 0.25) is 0 Å². The zero-order chi connectivity index (χ0) is 24.6. The minimum Gasteiger partial charge on any atom is -0.339 e. The van der Waals surface area contributed by atoms with Gasteiger partial charge in [0.15, 0.2) is 9.84 Å². The van der Waals surface area contributed by atoms with Crippen molar-refractivity contribution in [3.63, 3.8) is 0 Å². The van der Waals surface area contributed by atoms with Gasteiger partial charge in [-0.3, -0.25) is 4.79 Å². The average molecular weight is 499 g/mol. The van der Waals surface area contributed by atoms with Crippen LogP contribution in [0.1, 0.15) is 24.8 Å². The molecule has 1 atom stereocenters. The number of piperidine rings is 1. The Bertz CT molecular complexity index is 1320. The normalized spacial score (nSPS) is 19.5. The SMILES string of the molecule is CS(=O)(=O)c1ccc(C[C@H]2CCN(C3CCN(c4noc(-c5ccccc5)n4)CC3)C2=O)c(F)c1. The molecular weight excluding hydrogens is 471 g/mol. The van der Waals surface area contributed by atoms with E-state index in [0.717, 1.165) is 30.7 Å². The Labute approximate surface area is 203 Å². The highest BCUT2D eigenvalue weighted by atomic mass is 32.2. The van der Waals surface area contributed by atoms with Gasteiger partial charge < -0.3 is 14.3 Å². The van der Waals surface area contributed by atoms with E-state index >= 15 is 0 Å². The maximum atomic E-state index is 14.5. The van der Waals surface area contributed by atoms with E-state index in [1.807, 2.05) is 35.2 Å². The molecule has 184 valence electrons. The number of hydrogen-bond donors (Lipinski definition) is 0. The van der Waals surface area contributed by atoms with Crippen LogP contribution in [-0.4, -0.2) is 61.3 Å². The average Bonchev–Trinajstić information content (AvgIpc) is 3.48. The fourth-order valence-corrected chi connectivity index (χ4v) is 5.56. The van der Waals surface area contributed by atoms with Crippen molar-refractivity contribution in [1.82, 2.24) is 15.0 Å². The molecule has 0 radical (unpaired) electrons. The fourth-order valence-electron chi connectivity index (χ4n) is 4.92. The van der Waals surface area contributed by atoms with Crippen LogP contribution in [0.5, 0.6) is 0 Å². The molecule has 35 heavy (non-hydrogen) atoms. The van der Waals surface area contributed by atoms with Crippen LogP contribution in [0.25, 0.3) is 11.5 Å². The van der Waals surface area contributed by atoms with Crippen molar-refractivity contribution in [1.29, 1.82) is 0 Å². The Balaban J connectivity index is 1.18. The number of anilines is 1. The molecule has 3 aromatic rings. The number of amides is 1. The number of aromatic nitrogens is 2. The molecule has 1 amide bonds. The zero-order valence-corrected chi connectivity index (χ0v) is 20.2. The summed E-state index contributed by atoms with van der Waals surface area (Å²) in [7, 11) is -3.47. The Morgan fingerprint density at radius 1 is 1.06 bits per heavy atom. The number of rotatable bonds is 6. The summed E-state index contributed by atoms with van der Waals surface area (Å²) < 4.78 is 43.2. The van der Waals surface area contributed by atoms with Crippen LogP contribution in [0.15, 0.2) is 57.9 Å². The Kier molecular flexibility index (Phi) is 6.31. The standard InChI is InChI=1S/C25H27FN4O4S/c1-35(32,33)21-8-7-18(22(26)16-21)15-19-9-14-30(24(19)31)20-10-12-29(13-11-20)25-27-23(34-28-25)17-5-3-2-4-6-17/h2-8,16,19-20H,9-15H2,1H3/t19-/m1/s1. The largest absolute Gasteiger partial charge is 0.339 e. The van der Waals surface area contributed by atoms with Crippen molar-refractivity contribution in [2.24, 2.45) is 5.92 Å². The number of carbonyl (C=O) groups excluding carboxylic acids is 1. The molecule has 0 bridgehead atoms. The summed E-state index contributed by atoms with van der Waals surface area (Å²) in [5, 5.41) is 4.13. The molecule has 2 saturated heterocycles. The van der Waals surface area contributed by atoms with E-state index < -0.39 is 15.7 Å². The van der Waals surface area contributed by atoms with Gasteiger partial charge in [-0.25, -0.2) is 12.8 Å². The van der Waals surface area contributed by atoms with E-state index in [4.69, 9.17) is 4.52 Å². The van der Waals surface area contributed by atoms with E-state index in [0.29, 0.717) is 43.5 Å². The fraction of sp³-hybridized carbons (Fsp3) is 0.400. The third-order valence-corrected chi connectivity index (χ3v) is 8.00.